The van der Waals surface area contributed by atoms with E-state index in [2.05, 4.69) is 4.90 Å². The van der Waals surface area contributed by atoms with E-state index in [4.69, 9.17) is 0 Å². The van der Waals surface area contributed by atoms with Crippen LogP contribution in [-0.4, -0.2) is 49.4 Å². The highest BCUT2D eigenvalue weighted by Gasteiger charge is 2.15. The highest BCUT2D eigenvalue weighted by atomic mass is 16.2. The maximum Gasteiger partial charge on any atom is 0.223 e. The van der Waals surface area contributed by atoms with Crippen molar-refractivity contribution in [2.45, 2.75) is 25.7 Å². The molecule has 0 aromatic carbocycles. The summed E-state index contributed by atoms with van der Waals surface area (Å²) in [5.74, 6) is 0.327. The molecule has 1 aliphatic rings. The first-order chi connectivity index (χ1) is 6.20. The summed E-state index contributed by atoms with van der Waals surface area (Å²) in [5, 5.41) is 0. The number of hydrogen-bond donors (Lipinski definition) is 0. The molecule has 1 aliphatic heterocycles. The Morgan fingerprint density at radius 1 is 1.23 bits per heavy atom. The summed E-state index contributed by atoms with van der Waals surface area (Å²) in [5.41, 5.74) is 0. The Kier molecular flexibility index (Phi) is 4.22. The summed E-state index contributed by atoms with van der Waals surface area (Å²) < 4.78 is 0. The van der Waals surface area contributed by atoms with Gasteiger partial charge in [0.25, 0.3) is 0 Å². The molecule has 1 fully saturated rings. The zero-order valence-corrected chi connectivity index (χ0v) is 8.75. The van der Waals surface area contributed by atoms with Gasteiger partial charge in [-0.25, -0.2) is 0 Å². The predicted octanol–water partition coefficient (Wildman–Crippen LogP) is 0.951. The van der Waals surface area contributed by atoms with E-state index >= 15 is 0 Å². The van der Waals surface area contributed by atoms with Gasteiger partial charge in [-0.2, -0.15) is 0 Å². The zero-order valence-electron chi connectivity index (χ0n) is 8.75. The summed E-state index contributed by atoms with van der Waals surface area (Å²) in [4.78, 5) is 15.7. The zero-order chi connectivity index (χ0) is 9.68. The predicted molar refractivity (Wildman–Crippen MR) is 53.6 cm³/mol. The van der Waals surface area contributed by atoms with Crippen molar-refractivity contribution in [3.05, 3.63) is 0 Å². The largest absolute Gasteiger partial charge is 0.343 e. The molecule has 0 aromatic rings. The minimum absolute atomic E-state index is 0.327. The molecule has 0 atom stereocenters. The van der Waals surface area contributed by atoms with E-state index in [0.29, 0.717) is 12.3 Å². The van der Waals surface area contributed by atoms with E-state index in [1.165, 1.54) is 19.3 Å². The normalized spacial score (nSPS) is 17.9. The van der Waals surface area contributed by atoms with Gasteiger partial charge in [-0.15, -0.1) is 0 Å². The number of piperidine rings is 1. The van der Waals surface area contributed by atoms with Crippen LogP contribution in [0.15, 0.2) is 0 Å². The van der Waals surface area contributed by atoms with Gasteiger partial charge in [-0.1, -0.05) is 0 Å². The first kappa shape index (κ1) is 10.5. The second-order valence-corrected chi connectivity index (χ2v) is 3.99. The summed E-state index contributed by atoms with van der Waals surface area (Å²) in [7, 11) is 4.01. The number of amides is 1. The van der Waals surface area contributed by atoms with Crippen LogP contribution in [0, 0.1) is 0 Å². The number of rotatable bonds is 3. The molecule has 0 aliphatic carbocycles. The van der Waals surface area contributed by atoms with Gasteiger partial charge in [-0.05, 0) is 33.4 Å². The lowest BCUT2D eigenvalue weighted by atomic mass is 10.1. The molecule has 76 valence electrons. The molecule has 3 nitrogen and oxygen atoms in total. The molecular formula is C10H20N2O. The molecular weight excluding hydrogens is 164 g/mol. The minimum atomic E-state index is 0.327. The third kappa shape index (κ3) is 3.77. The van der Waals surface area contributed by atoms with Crippen molar-refractivity contribution in [2.24, 2.45) is 0 Å². The van der Waals surface area contributed by atoms with Crippen LogP contribution in [-0.2, 0) is 4.79 Å². The van der Waals surface area contributed by atoms with E-state index in [0.717, 1.165) is 19.6 Å². The number of nitrogens with zero attached hydrogens (tertiary/aromatic N) is 2. The molecule has 0 saturated carbocycles. The van der Waals surface area contributed by atoms with Gasteiger partial charge in [0.05, 0.1) is 0 Å². The van der Waals surface area contributed by atoms with Crippen LogP contribution < -0.4 is 0 Å². The molecule has 1 saturated heterocycles. The van der Waals surface area contributed by atoms with E-state index in [9.17, 15) is 4.79 Å². The molecule has 0 aromatic heterocycles. The number of likely N-dealkylation sites (tertiary alicyclic amines) is 1. The van der Waals surface area contributed by atoms with E-state index in [1.54, 1.807) is 0 Å². The summed E-state index contributed by atoms with van der Waals surface area (Å²) in [6.45, 7) is 2.83. The van der Waals surface area contributed by atoms with Crippen molar-refractivity contribution in [1.29, 1.82) is 0 Å². The number of carbonyl (C=O) groups excluding carboxylic acids is 1. The number of carbonyl (C=O) groups is 1. The average Bonchev–Trinajstić information content (AvgIpc) is 2.15. The molecule has 1 rings (SSSR count). The molecule has 1 amide bonds. The third-order valence-electron chi connectivity index (χ3n) is 2.48. The monoisotopic (exact) mass is 184 g/mol. The van der Waals surface area contributed by atoms with Crippen LogP contribution >= 0.6 is 0 Å². The molecule has 0 spiro atoms. The van der Waals surface area contributed by atoms with Crippen LogP contribution in [0.1, 0.15) is 25.7 Å². The summed E-state index contributed by atoms with van der Waals surface area (Å²) in [6.07, 6.45) is 4.34. The number of hydrogen-bond acceptors (Lipinski definition) is 2. The topological polar surface area (TPSA) is 23.6 Å². The van der Waals surface area contributed by atoms with E-state index < -0.39 is 0 Å². The van der Waals surface area contributed by atoms with E-state index in [-0.39, 0.29) is 0 Å². The minimum Gasteiger partial charge on any atom is -0.343 e. The molecule has 0 N–H and O–H groups in total. The molecule has 0 radical (unpaired) electrons. The van der Waals surface area contributed by atoms with Crippen molar-refractivity contribution >= 4 is 5.91 Å². The quantitative estimate of drug-likeness (QED) is 0.652. The lowest BCUT2D eigenvalue weighted by Crippen LogP contribution is -2.36. The highest BCUT2D eigenvalue weighted by Crippen LogP contribution is 2.09. The SMILES string of the molecule is CN(C)CCC(=O)N1CCCCC1. The average molecular weight is 184 g/mol. The summed E-state index contributed by atoms with van der Waals surface area (Å²) >= 11 is 0. The van der Waals surface area contributed by atoms with Gasteiger partial charge < -0.3 is 9.80 Å². The fraction of sp³-hybridized carbons (Fsp3) is 0.900. The van der Waals surface area contributed by atoms with Crippen LogP contribution in [0.3, 0.4) is 0 Å². The van der Waals surface area contributed by atoms with Crippen molar-refractivity contribution in [3.8, 4) is 0 Å². The van der Waals surface area contributed by atoms with Crippen molar-refractivity contribution in [2.75, 3.05) is 33.7 Å². The molecule has 0 bridgehead atoms. The molecule has 0 unspecified atom stereocenters. The van der Waals surface area contributed by atoms with Crippen molar-refractivity contribution < 1.29 is 4.79 Å². The van der Waals surface area contributed by atoms with Gasteiger partial charge in [0, 0.05) is 26.1 Å². The second kappa shape index (κ2) is 5.22. The first-order valence-corrected chi connectivity index (χ1v) is 5.12. The van der Waals surface area contributed by atoms with E-state index in [1.807, 2.05) is 19.0 Å². The van der Waals surface area contributed by atoms with Crippen molar-refractivity contribution in [3.63, 3.8) is 0 Å². The highest BCUT2D eigenvalue weighted by molar-refractivity contribution is 5.76. The van der Waals surface area contributed by atoms with Gasteiger partial charge in [0.15, 0.2) is 0 Å². The molecule has 13 heavy (non-hydrogen) atoms. The van der Waals surface area contributed by atoms with Crippen molar-refractivity contribution in [1.82, 2.24) is 9.80 Å². The maximum absolute atomic E-state index is 11.6. The van der Waals surface area contributed by atoms with Gasteiger partial charge in [0.1, 0.15) is 0 Å². The van der Waals surface area contributed by atoms with Crippen LogP contribution in [0.5, 0.6) is 0 Å². The van der Waals surface area contributed by atoms with Crippen LogP contribution in [0.2, 0.25) is 0 Å². The Morgan fingerprint density at radius 3 is 2.38 bits per heavy atom. The molecule has 1 heterocycles. The van der Waals surface area contributed by atoms with Gasteiger partial charge in [0.2, 0.25) is 5.91 Å². The van der Waals surface area contributed by atoms with Crippen LogP contribution in [0.25, 0.3) is 0 Å². The molecule has 3 heteroatoms. The Labute approximate surface area is 80.7 Å². The fourth-order valence-corrected chi connectivity index (χ4v) is 1.62. The second-order valence-electron chi connectivity index (χ2n) is 3.99. The lowest BCUT2D eigenvalue weighted by Gasteiger charge is -2.27. The fourth-order valence-electron chi connectivity index (χ4n) is 1.62. The Balaban J connectivity index is 2.21. The summed E-state index contributed by atoms with van der Waals surface area (Å²) in [6, 6.07) is 0. The maximum atomic E-state index is 11.6. The smallest absolute Gasteiger partial charge is 0.223 e. The third-order valence-corrected chi connectivity index (χ3v) is 2.48. The standard InChI is InChI=1S/C10H20N2O/c1-11(2)9-6-10(13)12-7-4-3-5-8-12/h3-9H2,1-2H3. The first-order valence-electron chi connectivity index (χ1n) is 5.12. The Bertz CT molecular complexity index is 162. The van der Waals surface area contributed by atoms with Gasteiger partial charge >= 0.3 is 0 Å². The van der Waals surface area contributed by atoms with Gasteiger partial charge in [-0.3, -0.25) is 4.79 Å². The Morgan fingerprint density at radius 2 is 1.85 bits per heavy atom. The lowest BCUT2D eigenvalue weighted by molar-refractivity contribution is -0.132. The Hall–Kier alpha value is -0.570. The van der Waals surface area contributed by atoms with Crippen LogP contribution in [0.4, 0.5) is 0 Å².